The number of aryl methyl sites for hydroxylation is 1. The third-order valence-corrected chi connectivity index (χ3v) is 16.3. The summed E-state index contributed by atoms with van der Waals surface area (Å²) < 4.78 is 35.9. The van der Waals surface area contributed by atoms with E-state index in [2.05, 4.69) is 56.5 Å². The number of hydrogen-bond donors (Lipinski definition) is 1. The number of fused-ring (bicyclic) bond motifs is 4. The molecule has 11 heteroatoms. The Balaban J connectivity index is 1.15. The molecule has 1 spiro atoms. The molecule has 9 nitrogen and oxygen atoms in total. The number of benzene rings is 2. The summed E-state index contributed by atoms with van der Waals surface area (Å²) in [5.74, 6) is 5.90. The fourth-order valence-corrected chi connectivity index (χ4v) is 11.8. The van der Waals surface area contributed by atoms with E-state index in [1.165, 1.54) is 11.1 Å². The first kappa shape index (κ1) is 38.3. The fraction of sp³-hybridized carbons (Fsp3) is 0.628. The van der Waals surface area contributed by atoms with E-state index >= 15 is 0 Å². The van der Waals surface area contributed by atoms with Gasteiger partial charge >= 0.3 is 0 Å². The van der Waals surface area contributed by atoms with Gasteiger partial charge < -0.3 is 24.0 Å². The lowest BCUT2D eigenvalue weighted by atomic mass is 9.63. The Bertz CT molecular complexity index is 1840. The standard InChI is InChI=1S/C43H59ClN4O5S/c1-30-7-5-16-43(51-3,28-47-19-17-46(18-20-47)23-32-25-52-26-32)38-12-9-35(38)24-48-27-42(15-6-8-33-21-36(44)11-13-37(33)42)29-53-40-14-10-34(22-39(40)48)41(49)45-54(4,50)31(30)2/h5,10-11,13-14,16,21-22,30-32,35,38H,4,6-9,12,15,17-20,23-29H2,1-3H3,(H,45,49,50)/b16-5+/t30-,31+,35-,38+,42-,43+,54?/m0/s1. The van der Waals surface area contributed by atoms with Crippen molar-refractivity contribution in [2.24, 2.45) is 23.7 Å². The second kappa shape index (κ2) is 15.4. The van der Waals surface area contributed by atoms with E-state index in [0.29, 0.717) is 29.9 Å². The maximum absolute atomic E-state index is 14.1. The summed E-state index contributed by atoms with van der Waals surface area (Å²) in [7, 11) is -1.06. The zero-order valence-corrected chi connectivity index (χ0v) is 34.0. The number of halogens is 1. The van der Waals surface area contributed by atoms with Crippen LogP contribution in [-0.4, -0.2) is 116 Å². The number of carbonyl (C=O) groups is 1. The molecule has 0 radical (unpaired) electrons. The molecule has 2 aromatic carbocycles. The summed E-state index contributed by atoms with van der Waals surface area (Å²) >= 11 is 6.53. The highest BCUT2D eigenvalue weighted by molar-refractivity contribution is 7.99. The molecule has 1 saturated carbocycles. The molecule has 2 saturated heterocycles. The van der Waals surface area contributed by atoms with Gasteiger partial charge in [0.05, 0.1) is 35.2 Å². The number of allylic oxidation sites excluding steroid dienone is 1. The van der Waals surface area contributed by atoms with Crippen LogP contribution in [0.3, 0.4) is 0 Å². The summed E-state index contributed by atoms with van der Waals surface area (Å²) in [6.07, 6.45) is 10.6. The van der Waals surface area contributed by atoms with Crippen molar-refractivity contribution in [2.75, 3.05) is 84.2 Å². The predicted octanol–water partition coefficient (Wildman–Crippen LogP) is 5.83. The number of nitrogens with zero attached hydrogens (tertiary/aromatic N) is 3. The maximum Gasteiger partial charge on any atom is 0.262 e. The van der Waals surface area contributed by atoms with Crippen LogP contribution in [0, 0.1) is 23.7 Å². The number of anilines is 1. The molecule has 0 aromatic heterocycles. The number of rotatable bonds is 5. The molecule has 4 aliphatic heterocycles. The maximum atomic E-state index is 14.1. The minimum Gasteiger partial charge on any atom is -0.490 e. The van der Waals surface area contributed by atoms with E-state index in [1.54, 1.807) is 6.07 Å². The van der Waals surface area contributed by atoms with Gasteiger partial charge in [0.1, 0.15) is 11.4 Å². The molecule has 54 heavy (non-hydrogen) atoms. The third kappa shape index (κ3) is 7.48. The van der Waals surface area contributed by atoms with Crippen LogP contribution in [0.1, 0.15) is 67.4 Å². The quantitative estimate of drug-likeness (QED) is 0.300. The van der Waals surface area contributed by atoms with Gasteiger partial charge in [-0.25, -0.2) is 4.21 Å². The first-order chi connectivity index (χ1) is 26.0. The van der Waals surface area contributed by atoms with Crippen molar-refractivity contribution in [3.63, 3.8) is 0 Å². The van der Waals surface area contributed by atoms with Crippen LogP contribution in [-0.2, 0) is 31.0 Å². The van der Waals surface area contributed by atoms with Crippen molar-refractivity contribution in [3.05, 3.63) is 70.3 Å². The highest BCUT2D eigenvalue weighted by atomic mass is 35.5. The number of amides is 1. The van der Waals surface area contributed by atoms with Crippen LogP contribution >= 0.6 is 11.6 Å². The monoisotopic (exact) mass is 778 g/mol. The van der Waals surface area contributed by atoms with Gasteiger partial charge in [0, 0.05) is 86.6 Å². The van der Waals surface area contributed by atoms with Crippen molar-refractivity contribution in [1.29, 1.82) is 0 Å². The Morgan fingerprint density at radius 1 is 1.07 bits per heavy atom. The Hall–Kier alpha value is -2.60. The molecule has 294 valence electrons. The highest BCUT2D eigenvalue weighted by Crippen LogP contribution is 2.49. The second-order valence-electron chi connectivity index (χ2n) is 17.3. The summed E-state index contributed by atoms with van der Waals surface area (Å²) in [6.45, 7) is 14.1. The minimum absolute atomic E-state index is 0.0330. The average Bonchev–Trinajstić information content (AvgIpc) is 3.27. The Morgan fingerprint density at radius 3 is 2.59 bits per heavy atom. The third-order valence-electron chi connectivity index (χ3n) is 13.9. The molecule has 3 fully saturated rings. The summed E-state index contributed by atoms with van der Waals surface area (Å²) in [5, 5.41) is 0.438. The van der Waals surface area contributed by atoms with Gasteiger partial charge in [0.15, 0.2) is 0 Å². The van der Waals surface area contributed by atoms with Crippen molar-refractivity contribution in [2.45, 2.75) is 68.6 Å². The van der Waals surface area contributed by atoms with Crippen LogP contribution in [0.4, 0.5) is 5.69 Å². The zero-order valence-electron chi connectivity index (χ0n) is 32.4. The fourth-order valence-electron chi connectivity index (χ4n) is 10.1. The Labute approximate surface area is 327 Å². The number of hydrogen-bond acceptors (Lipinski definition) is 8. The molecular formula is C43H59ClN4O5S. The number of methoxy groups -OCH3 is 1. The summed E-state index contributed by atoms with van der Waals surface area (Å²) in [4.78, 5) is 21.5. The largest absolute Gasteiger partial charge is 0.490 e. The van der Waals surface area contributed by atoms with Crippen molar-refractivity contribution < 1.29 is 23.2 Å². The zero-order chi connectivity index (χ0) is 37.7. The lowest BCUT2D eigenvalue weighted by molar-refractivity contribution is -0.0978. The molecule has 1 unspecified atom stereocenters. The lowest BCUT2D eigenvalue weighted by Gasteiger charge is -2.52. The van der Waals surface area contributed by atoms with E-state index < -0.39 is 15.3 Å². The first-order valence-electron chi connectivity index (χ1n) is 20.2. The normalized spacial score (nSPS) is 35.8. The topological polar surface area (TPSA) is 83.6 Å². The summed E-state index contributed by atoms with van der Waals surface area (Å²) in [6, 6.07) is 12.1. The second-order valence-corrected chi connectivity index (χ2v) is 20.2. The van der Waals surface area contributed by atoms with Crippen LogP contribution in [0.5, 0.6) is 5.75 Å². The van der Waals surface area contributed by atoms with E-state index in [-0.39, 0.29) is 22.5 Å². The number of carbonyl (C=O) groups excluding carboxylic acids is 1. The molecule has 4 heterocycles. The molecule has 2 bridgehead atoms. The SMILES string of the molecule is C=S1(=O)NC(=O)c2ccc3c(c2)N(C[C@@H]2CC[C@H]2[C@@](CN2CCN(CC4COC4)CC2)(OC)/C=C/C[C@H](C)[C@H]1C)C[C@@]1(CCCc2cc(Cl)ccc21)CO3. The molecule has 2 aromatic rings. The van der Waals surface area contributed by atoms with Gasteiger partial charge in [-0.15, -0.1) is 0 Å². The van der Waals surface area contributed by atoms with Crippen molar-refractivity contribution >= 4 is 38.8 Å². The Morgan fingerprint density at radius 2 is 1.87 bits per heavy atom. The highest BCUT2D eigenvalue weighted by Gasteiger charge is 2.50. The molecule has 1 amide bonds. The van der Waals surface area contributed by atoms with E-state index in [9.17, 15) is 9.00 Å². The van der Waals surface area contributed by atoms with Crippen molar-refractivity contribution in [3.8, 4) is 5.75 Å². The molecule has 7 atom stereocenters. The smallest absolute Gasteiger partial charge is 0.262 e. The van der Waals surface area contributed by atoms with E-state index in [1.807, 2.05) is 32.2 Å². The average molecular weight is 779 g/mol. The molecule has 6 aliphatic rings. The van der Waals surface area contributed by atoms with Gasteiger partial charge in [-0.05, 0) is 111 Å². The van der Waals surface area contributed by atoms with Gasteiger partial charge in [-0.1, -0.05) is 36.7 Å². The summed E-state index contributed by atoms with van der Waals surface area (Å²) in [5.41, 5.74) is 3.32. The number of ether oxygens (including phenoxy) is 3. The number of nitrogens with one attached hydrogen (secondary N) is 1. The van der Waals surface area contributed by atoms with Crippen LogP contribution in [0.2, 0.25) is 5.02 Å². The van der Waals surface area contributed by atoms with Crippen LogP contribution < -0.4 is 14.4 Å². The molecule has 8 rings (SSSR count). The van der Waals surface area contributed by atoms with Gasteiger partial charge in [0.25, 0.3) is 5.91 Å². The van der Waals surface area contributed by atoms with Gasteiger partial charge in [-0.3, -0.25) is 14.4 Å². The predicted molar refractivity (Wildman–Crippen MR) is 218 cm³/mol. The lowest BCUT2D eigenvalue weighted by Crippen LogP contribution is -2.59. The first-order valence-corrected chi connectivity index (χ1v) is 22.4. The molecule has 2 aliphatic carbocycles. The van der Waals surface area contributed by atoms with Crippen LogP contribution in [0.25, 0.3) is 0 Å². The minimum atomic E-state index is -2.96. The molecular weight excluding hydrogens is 720 g/mol. The Kier molecular flexibility index (Phi) is 10.9. The van der Waals surface area contributed by atoms with Gasteiger partial charge in [-0.2, -0.15) is 0 Å². The van der Waals surface area contributed by atoms with Gasteiger partial charge in [0.2, 0.25) is 0 Å². The van der Waals surface area contributed by atoms with Crippen molar-refractivity contribution in [1.82, 2.24) is 14.5 Å². The van der Waals surface area contributed by atoms with E-state index in [0.717, 1.165) is 121 Å². The van der Waals surface area contributed by atoms with Crippen LogP contribution in [0.15, 0.2) is 48.6 Å². The van der Waals surface area contributed by atoms with E-state index in [4.69, 9.17) is 25.8 Å². The molecule has 1 N–H and O–H groups in total. The number of piperazine rings is 1.